The van der Waals surface area contributed by atoms with Crippen LogP contribution in [-0.4, -0.2) is 0 Å². The van der Waals surface area contributed by atoms with Gasteiger partial charge in [0.2, 0.25) is 0 Å². The van der Waals surface area contributed by atoms with Crippen LogP contribution in [0.5, 0.6) is 5.75 Å². The van der Waals surface area contributed by atoms with Crippen molar-refractivity contribution in [2.75, 3.05) is 0 Å². The molecule has 0 aromatic heterocycles. The first kappa shape index (κ1) is 21.0. The summed E-state index contributed by atoms with van der Waals surface area (Å²) in [5, 5.41) is 0. The van der Waals surface area contributed by atoms with Gasteiger partial charge >= 0.3 is 0 Å². The molecule has 3 rings (SSSR count). The number of benzene rings is 3. The maximum Gasteiger partial charge on any atom is 0.166 e. The second-order valence-corrected chi connectivity index (χ2v) is 7.11. The van der Waals surface area contributed by atoms with Gasteiger partial charge in [-0.05, 0) is 53.6 Å². The SMILES string of the molecule is CCCCc1ccc(-c2ccc(COc3ccc(CC)cc3F)cc2)c(F)c1F. The lowest BCUT2D eigenvalue weighted by atomic mass is 9.99. The molecule has 0 amide bonds. The fourth-order valence-electron chi connectivity index (χ4n) is 3.20. The molecule has 0 N–H and O–H groups in total. The molecule has 0 unspecified atom stereocenters. The zero-order chi connectivity index (χ0) is 20.8. The van der Waals surface area contributed by atoms with Gasteiger partial charge in [-0.25, -0.2) is 13.2 Å². The number of rotatable bonds is 8. The Morgan fingerprint density at radius 1 is 0.793 bits per heavy atom. The van der Waals surface area contributed by atoms with Crippen LogP contribution in [0.15, 0.2) is 54.6 Å². The molecular formula is C25H25F3O. The molecule has 0 aliphatic rings. The van der Waals surface area contributed by atoms with Crippen LogP contribution < -0.4 is 4.74 Å². The summed E-state index contributed by atoms with van der Waals surface area (Å²) < 4.78 is 48.4. The van der Waals surface area contributed by atoms with E-state index in [1.54, 1.807) is 42.5 Å². The van der Waals surface area contributed by atoms with Crippen molar-refractivity contribution in [1.82, 2.24) is 0 Å². The Morgan fingerprint density at radius 3 is 2.17 bits per heavy atom. The third-order valence-electron chi connectivity index (χ3n) is 5.03. The molecule has 0 bridgehead atoms. The van der Waals surface area contributed by atoms with Crippen LogP contribution in [0.4, 0.5) is 13.2 Å². The molecule has 3 aromatic carbocycles. The molecule has 0 radical (unpaired) electrons. The Labute approximate surface area is 170 Å². The Morgan fingerprint density at radius 2 is 1.52 bits per heavy atom. The van der Waals surface area contributed by atoms with Gasteiger partial charge in [0.15, 0.2) is 23.2 Å². The lowest BCUT2D eigenvalue weighted by Crippen LogP contribution is -1.99. The van der Waals surface area contributed by atoms with Gasteiger partial charge in [0.1, 0.15) is 6.61 Å². The van der Waals surface area contributed by atoms with Crippen LogP contribution in [0.25, 0.3) is 11.1 Å². The lowest BCUT2D eigenvalue weighted by molar-refractivity contribution is 0.290. The molecule has 4 heteroatoms. The molecule has 0 aliphatic heterocycles. The Balaban J connectivity index is 1.71. The smallest absolute Gasteiger partial charge is 0.166 e. The molecule has 0 fully saturated rings. The number of ether oxygens (including phenoxy) is 1. The van der Waals surface area contributed by atoms with E-state index in [1.165, 1.54) is 6.07 Å². The molecule has 0 aliphatic carbocycles. The number of hydrogen-bond acceptors (Lipinski definition) is 1. The predicted molar refractivity (Wildman–Crippen MR) is 111 cm³/mol. The summed E-state index contributed by atoms with van der Waals surface area (Å²) in [6.07, 6.45) is 3.05. The molecule has 1 nitrogen and oxygen atoms in total. The number of unbranched alkanes of at least 4 members (excludes halogenated alkanes) is 1. The van der Waals surface area contributed by atoms with Crippen molar-refractivity contribution in [3.05, 3.63) is 88.7 Å². The van der Waals surface area contributed by atoms with E-state index in [9.17, 15) is 13.2 Å². The minimum Gasteiger partial charge on any atom is -0.486 e. The average molecular weight is 398 g/mol. The lowest BCUT2D eigenvalue weighted by Gasteiger charge is -2.11. The number of halogens is 3. The third kappa shape index (κ3) is 5.00. The molecule has 0 heterocycles. The van der Waals surface area contributed by atoms with E-state index in [4.69, 9.17) is 4.74 Å². The first-order chi connectivity index (χ1) is 14.0. The van der Waals surface area contributed by atoms with Crippen LogP contribution in [0, 0.1) is 17.5 Å². The summed E-state index contributed by atoms with van der Waals surface area (Å²) in [6, 6.07) is 15.2. The largest absolute Gasteiger partial charge is 0.486 e. The van der Waals surface area contributed by atoms with Gasteiger partial charge in [-0.15, -0.1) is 0 Å². The molecule has 0 atom stereocenters. The van der Waals surface area contributed by atoms with E-state index < -0.39 is 11.6 Å². The molecular weight excluding hydrogens is 373 g/mol. The van der Waals surface area contributed by atoms with E-state index in [0.29, 0.717) is 17.5 Å². The highest BCUT2D eigenvalue weighted by atomic mass is 19.2. The maximum absolute atomic E-state index is 14.5. The molecule has 3 aromatic rings. The van der Waals surface area contributed by atoms with Crippen molar-refractivity contribution in [3.63, 3.8) is 0 Å². The predicted octanol–water partition coefficient (Wildman–Crippen LogP) is 7.25. The van der Waals surface area contributed by atoms with Crippen LogP contribution in [0.3, 0.4) is 0 Å². The van der Waals surface area contributed by atoms with Gasteiger partial charge in [-0.1, -0.05) is 62.7 Å². The van der Waals surface area contributed by atoms with Gasteiger partial charge in [0, 0.05) is 5.56 Å². The van der Waals surface area contributed by atoms with E-state index in [-0.39, 0.29) is 23.7 Å². The summed E-state index contributed by atoms with van der Waals surface area (Å²) in [4.78, 5) is 0. The summed E-state index contributed by atoms with van der Waals surface area (Å²) in [5.74, 6) is -1.78. The highest BCUT2D eigenvalue weighted by molar-refractivity contribution is 5.65. The van der Waals surface area contributed by atoms with E-state index in [2.05, 4.69) is 0 Å². The average Bonchev–Trinajstić information content (AvgIpc) is 2.74. The normalized spacial score (nSPS) is 10.9. The first-order valence-corrected chi connectivity index (χ1v) is 10.0. The zero-order valence-electron chi connectivity index (χ0n) is 16.8. The quantitative estimate of drug-likeness (QED) is 0.388. The molecule has 0 saturated heterocycles. The highest BCUT2D eigenvalue weighted by Crippen LogP contribution is 2.28. The fraction of sp³-hybridized carbons (Fsp3) is 0.280. The minimum atomic E-state index is -0.819. The van der Waals surface area contributed by atoms with E-state index >= 15 is 0 Å². The van der Waals surface area contributed by atoms with Crippen molar-refractivity contribution in [3.8, 4) is 16.9 Å². The van der Waals surface area contributed by atoms with Crippen LogP contribution in [0.1, 0.15) is 43.4 Å². The standard InChI is InChI=1S/C25H25F3O/c1-3-5-6-20-12-13-21(25(28)24(20)27)19-10-7-18(8-11-19)16-29-23-14-9-17(4-2)15-22(23)26/h7-15H,3-6,16H2,1-2H3. The van der Waals surface area contributed by atoms with Gasteiger partial charge in [0.05, 0.1) is 0 Å². The van der Waals surface area contributed by atoms with Crippen LogP contribution >= 0.6 is 0 Å². The Kier molecular flexibility index (Phi) is 6.97. The third-order valence-corrected chi connectivity index (χ3v) is 5.03. The highest BCUT2D eigenvalue weighted by Gasteiger charge is 2.14. The molecule has 0 saturated carbocycles. The van der Waals surface area contributed by atoms with Crippen LogP contribution in [0.2, 0.25) is 0 Å². The number of aryl methyl sites for hydroxylation is 2. The van der Waals surface area contributed by atoms with Crippen molar-refractivity contribution >= 4 is 0 Å². The monoisotopic (exact) mass is 398 g/mol. The maximum atomic E-state index is 14.5. The number of hydrogen-bond donors (Lipinski definition) is 0. The summed E-state index contributed by atoms with van der Waals surface area (Å²) in [6.45, 7) is 4.17. The van der Waals surface area contributed by atoms with Crippen molar-refractivity contribution in [1.29, 1.82) is 0 Å². The van der Waals surface area contributed by atoms with Crippen molar-refractivity contribution < 1.29 is 17.9 Å². The molecule has 152 valence electrons. The summed E-state index contributed by atoms with van der Waals surface area (Å²) >= 11 is 0. The molecule has 0 spiro atoms. The van der Waals surface area contributed by atoms with E-state index in [0.717, 1.165) is 30.4 Å². The minimum absolute atomic E-state index is 0.190. The van der Waals surface area contributed by atoms with Gasteiger partial charge in [0.25, 0.3) is 0 Å². The second kappa shape index (κ2) is 9.64. The second-order valence-electron chi connectivity index (χ2n) is 7.11. The van der Waals surface area contributed by atoms with Gasteiger partial charge in [-0.2, -0.15) is 0 Å². The topological polar surface area (TPSA) is 9.23 Å². The van der Waals surface area contributed by atoms with Crippen LogP contribution in [-0.2, 0) is 19.4 Å². The summed E-state index contributed by atoms with van der Waals surface area (Å²) in [5.41, 5.74) is 2.96. The van der Waals surface area contributed by atoms with Gasteiger partial charge < -0.3 is 4.74 Å². The van der Waals surface area contributed by atoms with Crippen molar-refractivity contribution in [2.45, 2.75) is 46.1 Å². The Hall–Kier alpha value is -2.75. The van der Waals surface area contributed by atoms with Gasteiger partial charge in [-0.3, -0.25) is 0 Å². The van der Waals surface area contributed by atoms with Crippen molar-refractivity contribution in [2.24, 2.45) is 0 Å². The molecule has 29 heavy (non-hydrogen) atoms. The first-order valence-electron chi connectivity index (χ1n) is 10.0. The van der Waals surface area contributed by atoms with E-state index in [1.807, 2.05) is 19.9 Å². The Bertz CT molecular complexity index is 965. The zero-order valence-corrected chi connectivity index (χ0v) is 16.8. The summed E-state index contributed by atoms with van der Waals surface area (Å²) in [7, 11) is 0. The fourth-order valence-corrected chi connectivity index (χ4v) is 3.20.